The minimum absolute atomic E-state index is 0.0683. The number of carbonyl (C=O) groups excluding carboxylic acids is 1. The van der Waals surface area contributed by atoms with Crippen LogP contribution >= 0.6 is 0 Å². The Morgan fingerprint density at radius 3 is 2.52 bits per heavy atom. The van der Waals surface area contributed by atoms with Gasteiger partial charge in [0.05, 0.1) is 21.3 Å². The lowest BCUT2D eigenvalue weighted by molar-refractivity contribution is -0.136. The summed E-state index contributed by atoms with van der Waals surface area (Å²) in [5, 5.41) is 0. The van der Waals surface area contributed by atoms with Crippen LogP contribution in [-0.4, -0.2) is 39.6 Å². The van der Waals surface area contributed by atoms with Gasteiger partial charge in [0.15, 0.2) is 11.5 Å². The molecule has 0 fully saturated rings. The van der Waals surface area contributed by atoms with E-state index in [1.54, 1.807) is 14.2 Å². The smallest absolute Gasteiger partial charge is 0.333 e. The minimum atomic E-state index is -0.374. The Morgan fingerprint density at radius 2 is 1.91 bits per heavy atom. The zero-order valence-corrected chi connectivity index (χ0v) is 14.1. The second-order valence-electron chi connectivity index (χ2n) is 5.58. The topological polar surface area (TPSA) is 57.1 Å². The van der Waals surface area contributed by atoms with Crippen molar-refractivity contribution in [3.63, 3.8) is 0 Å². The molecule has 1 atom stereocenters. The first-order valence-corrected chi connectivity index (χ1v) is 7.57. The van der Waals surface area contributed by atoms with Crippen LogP contribution in [0.25, 0.3) is 0 Å². The van der Waals surface area contributed by atoms with E-state index in [2.05, 4.69) is 11.6 Å². The summed E-state index contributed by atoms with van der Waals surface area (Å²) in [6.07, 6.45) is 1.38. The predicted molar refractivity (Wildman–Crippen MR) is 89.6 cm³/mol. The number of benzene rings is 1. The van der Waals surface area contributed by atoms with Crippen LogP contribution < -0.4 is 9.47 Å². The van der Waals surface area contributed by atoms with Gasteiger partial charge in [-0.05, 0) is 30.5 Å². The van der Waals surface area contributed by atoms with Gasteiger partial charge >= 0.3 is 5.97 Å². The molecule has 0 saturated carbocycles. The van der Waals surface area contributed by atoms with E-state index >= 15 is 0 Å². The Hall–Kier alpha value is -2.30. The standard InChI is InChI=1S/C18H23NO4/c1-11(8-12(2)18(20)23-5)17-14-10-16(22-4)15(21-3)9-13(14)6-7-19-17/h9-11H,2,6-8H2,1,3-5H3. The maximum absolute atomic E-state index is 11.6. The number of nitrogens with zero attached hydrogens (tertiary/aromatic N) is 1. The molecule has 0 saturated heterocycles. The summed E-state index contributed by atoms with van der Waals surface area (Å²) in [6, 6.07) is 3.97. The average Bonchev–Trinajstić information content (AvgIpc) is 2.58. The molecule has 0 aliphatic carbocycles. The number of esters is 1. The van der Waals surface area contributed by atoms with Gasteiger partial charge in [0.25, 0.3) is 0 Å². The van der Waals surface area contributed by atoms with E-state index in [0.29, 0.717) is 17.7 Å². The Morgan fingerprint density at radius 1 is 1.26 bits per heavy atom. The summed E-state index contributed by atoms with van der Waals surface area (Å²) < 4.78 is 15.5. The van der Waals surface area contributed by atoms with Crippen molar-refractivity contribution in [1.82, 2.24) is 0 Å². The first-order chi connectivity index (χ1) is 11.0. The molecule has 0 amide bonds. The highest BCUT2D eigenvalue weighted by molar-refractivity contribution is 6.05. The number of methoxy groups -OCH3 is 3. The molecule has 23 heavy (non-hydrogen) atoms. The molecule has 1 unspecified atom stereocenters. The third-order valence-electron chi connectivity index (χ3n) is 4.04. The molecule has 2 rings (SSSR count). The number of rotatable bonds is 6. The highest BCUT2D eigenvalue weighted by Gasteiger charge is 2.24. The predicted octanol–water partition coefficient (Wildman–Crippen LogP) is 2.80. The van der Waals surface area contributed by atoms with E-state index in [0.717, 1.165) is 30.0 Å². The quantitative estimate of drug-likeness (QED) is 0.598. The molecule has 5 nitrogen and oxygen atoms in total. The van der Waals surface area contributed by atoms with Crippen molar-refractivity contribution in [2.45, 2.75) is 19.8 Å². The van der Waals surface area contributed by atoms with E-state index in [1.807, 2.05) is 19.1 Å². The summed E-state index contributed by atoms with van der Waals surface area (Å²) in [5.41, 5.74) is 3.66. The fourth-order valence-electron chi connectivity index (χ4n) is 2.86. The summed E-state index contributed by atoms with van der Waals surface area (Å²) in [6.45, 7) is 6.57. The zero-order chi connectivity index (χ0) is 17.0. The van der Waals surface area contributed by atoms with Crippen molar-refractivity contribution in [2.24, 2.45) is 10.9 Å². The Labute approximate surface area is 137 Å². The van der Waals surface area contributed by atoms with Gasteiger partial charge in [-0.3, -0.25) is 4.99 Å². The number of carbonyl (C=O) groups is 1. The Balaban J connectivity index is 2.31. The van der Waals surface area contributed by atoms with Crippen molar-refractivity contribution in [1.29, 1.82) is 0 Å². The molecule has 0 radical (unpaired) electrons. The van der Waals surface area contributed by atoms with Crippen molar-refractivity contribution in [3.05, 3.63) is 35.4 Å². The SMILES string of the molecule is C=C(CC(C)C1=NCCc2cc(OC)c(OC)cc21)C(=O)OC. The molecule has 124 valence electrons. The molecule has 1 aliphatic heterocycles. The maximum atomic E-state index is 11.6. The number of ether oxygens (including phenoxy) is 3. The van der Waals surface area contributed by atoms with Crippen molar-refractivity contribution >= 4 is 11.7 Å². The van der Waals surface area contributed by atoms with Gasteiger partial charge in [-0.15, -0.1) is 0 Å². The zero-order valence-electron chi connectivity index (χ0n) is 14.1. The van der Waals surface area contributed by atoms with Crippen molar-refractivity contribution < 1.29 is 19.0 Å². The van der Waals surface area contributed by atoms with Gasteiger partial charge in [-0.2, -0.15) is 0 Å². The van der Waals surface area contributed by atoms with Crippen LogP contribution in [0.2, 0.25) is 0 Å². The summed E-state index contributed by atoms with van der Waals surface area (Å²) >= 11 is 0. The van der Waals surface area contributed by atoms with Gasteiger partial charge < -0.3 is 14.2 Å². The number of hydrogen-bond donors (Lipinski definition) is 0. The molecule has 1 aromatic carbocycles. The van der Waals surface area contributed by atoms with E-state index < -0.39 is 0 Å². The summed E-state index contributed by atoms with van der Waals surface area (Å²) in [7, 11) is 4.61. The van der Waals surface area contributed by atoms with Gasteiger partial charge in [-0.1, -0.05) is 13.5 Å². The number of aliphatic imine (C=N–C) groups is 1. The van der Waals surface area contributed by atoms with Gasteiger partial charge in [0.2, 0.25) is 0 Å². The fourth-order valence-corrected chi connectivity index (χ4v) is 2.86. The fraction of sp³-hybridized carbons (Fsp3) is 0.444. The van der Waals surface area contributed by atoms with Crippen LogP contribution in [0.4, 0.5) is 0 Å². The van der Waals surface area contributed by atoms with E-state index in [-0.39, 0.29) is 11.9 Å². The molecule has 1 aliphatic rings. The van der Waals surface area contributed by atoms with E-state index in [4.69, 9.17) is 14.2 Å². The van der Waals surface area contributed by atoms with E-state index in [9.17, 15) is 4.79 Å². The minimum Gasteiger partial charge on any atom is -0.493 e. The number of fused-ring (bicyclic) bond motifs is 1. The van der Waals surface area contributed by atoms with Crippen LogP contribution in [0.1, 0.15) is 24.5 Å². The molecule has 1 aromatic rings. The summed E-state index contributed by atoms with van der Waals surface area (Å²) in [5.74, 6) is 1.10. The second kappa shape index (κ2) is 7.31. The largest absolute Gasteiger partial charge is 0.493 e. The molecule has 0 spiro atoms. The van der Waals surface area contributed by atoms with Crippen LogP contribution in [0, 0.1) is 5.92 Å². The van der Waals surface area contributed by atoms with Crippen LogP contribution in [0.15, 0.2) is 29.3 Å². The van der Waals surface area contributed by atoms with Crippen molar-refractivity contribution in [2.75, 3.05) is 27.9 Å². The summed E-state index contributed by atoms with van der Waals surface area (Å²) in [4.78, 5) is 16.2. The van der Waals surface area contributed by atoms with Gasteiger partial charge in [0, 0.05) is 29.3 Å². The van der Waals surface area contributed by atoms with Crippen LogP contribution in [0.3, 0.4) is 0 Å². The number of hydrogen-bond acceptors (Lipinski definition) is 5. The highest BCUT2D eigenvalue weighted by atomic mass is 16.5. The van der Waals surface area contributed by atoms with Crippen molar-refractivity contribution in [3.8, 4) is 11.5 Å². The maximum Gasteiger partial charge on any atom is 0.333 e. The Kier molecular flexibility index (Phi) is 5.42. The Bertz CT molecular complexity index is 649. The normalized spacial score (nSPS) is 14.3. The first-order valence-electron chi connectivity index (χ1n) is 7.57. The molecule has 0 N–H and O–H groups in total. The van der Waals surface area contributed by atoms with E-state index in [1.165, 1.54) is 12.7 Å². The van der Waals surface area contributed by atoms with Gasteiger partial charge in [0.1, 0.15) is 0 Å². The molecule has 0 bridgehead atoms. The molecule has 1 heterocycles. The molecule has 5 heteroatoms. The molecule has 0 aromatic heterocycles. The third-order valence-corrected chi connectivity index (χ3v) is 4.04. The molecular formula is C18H23NO4. The van der Waals surface area contributed by atoms with Gasteiger partial charge in [-0.25, -0.2) is 4.79 Å². The van der Waals surface area contributed by atoms with Crippen LogP contribution in [-0.2, 0) is 16.0 Å². The third kappa shape index (κ3) is 3.55. The monoisotopic (exact) mass is 317 g/mol. The lowest BCUT2D eigenvalue weighted by Gasteiger charge is -2.23. The average molecular weight is 317 g/mol. The first kappa shape index (κ1) is 17.1. The lowest BCUT2D eigenvalue weighted by atomic mass is 9.87. The van der Waals surface area contributed by atoms with Crippen LogP contribution in [0.5, 0.6) is 11.5 Å². The lowest BCUT2D eigenvalue weighted by Crippen LogP contribution is -2.22. The highest BCUT2D eigenvalue weighted by Crippen LogP contribution is 2.34. The molecular weight excluding hydrogens is 294 g/mol. The second-order valence-corrected chi connectivity index (χ2v) is 5.58.